The molecule has 1 N–H and O–H groups in total. The fourth-order valence-electron chi connectivity index (χ4n) is 3.03. The molecule has 1 amide bonds. The van der Waals surface area contributed by atoms with E-state index in [0.717, 1.165) is 27.1 Å². The number of halogens is 1. The molecule has 0 aromatic heterocycles. The Labute approximate surface area is 191 Å². The van der Waals surface area contributed by atoms with Gasteiger partial charge in [-0.3, -0.25) is 4.79 Å². The van der Waals surface area contributed by atoms with Crippen molar-refractivity contribution in [2.24, 2.45) is 0 Å². The highest BCUT2D eigenvalue weighted by Crippen LogP contribution is 2.28. The highest BCUT2D eigenvalue weighted by Gasteiger charge is 2.17. The van der Waals surface area contributed by atoms with Gasteiger partial charge in [-0.1, -0.05) is 34.1 Å². The van der Waals surface area contributed by atoms with E-state index in [0.29, 0.717) is 24.7 Å². The van der Waals surface area contributed by atoms with Gasteiger partial charge in [0.05, 0.1) is 0 Å². The number of hydrogen-bond donors (Lipinski definition) is 1. The molecule has 0 radical (unpaired) electrons. The van der Waals surface area contributed by atoms with Crippen LogP contribution >= 0.6 is 15.9 Å². The number of anilines is 1. The lowest BCUT2D eigenvalue weighted by atomic mass is 10.1. The SMILES string of the molecule is Cc1cc(Br)cc(C)c1OC(C)C(=O)Nc1ccc(OCCOc2ccccc2)cc1. The fraction of sp³-hybridized carbons (Fsp3) is 0.240. The molecule has 0 bridgehead atoms. The molecule has 1 unspecified atom stereocenters. The zero-order chi connectivity index (χ0) is 22.2. The fourth-order valence-corrected chi connectivity index (χ4v) is 3.71. The van der Waals surface area contributed by atoms with Crippen molar-refractivity contribution in [1.82, 2.24) is 0 Å². The predicted octanol–water partition coefficient (Wildman–Crippen LogP) is 5.93. The molecule has 31 heavy (non-hydrogen) atoms. The maximum Gasteiger partial charge on any atom is 0.265 e. The van der Waals surface area contributed by atoms with Crippen LogP contribution in [-0.4, -0.2) is 25.2 Å². The Hall–Kier alpha value is -2.99. The lowest BCUT2D eigenvalue weighted by Crippen LogP contribution is -2.30. The molecule has 3 aromatic rings. The molecule has 0 fully saturated rings. The van der Waals surface area contributed by atoms with Crippen LogP contribution in [0.25, 0.3) is 0 Å². The number of benzene rings is 3. The van der Waals surface area contributed by atoms with E-state index in [1.54, 1.807) is 19.1 Å². The average molecular weight is 484 g/mol. The molecule has 0 aliphatic rings. The normalized spacial score (nSPS) is 11.5. The zero-order valence-corrected chi connectivity index (χ0v) is 19.4. The first-order valence-corrected chi connectivity index (χ1v) is 10.9. The Morgan fingerprint density at radius 2 is 1.45 bits per heavy atom. The third-order valence-electron chi connectivity index (χ3n) is 4.57. The van der Waals surface area contributed by atoms with E-state index in [4.69, 9.17) is 14.2 Å². The van der Waals surface area contributed by atoms with Crippen LogP contribution in [0.1, 0.15) is 18.1 Å². The van der Waals surface area contributed by atoms with Gasteiger partial charge >= 0.3 is 0 Å². The van der Waals surface area contributed by atoms with Crippen LogP contribution in [0.4, 0.5) is 5.69 Å². The van der Waals surface area contributed by atoms with Gasteiger partial charge in [0.15, 0.2) is 6.10 Å². The summed E-state index contributed by atoms with van der Waals surface area (Å²) in [5.74, 6) is 2.04. The minimum atomic E-state index is -0.635. The van der Waals surface area contributed by atoms with Gasteiger partial charge in [0, 0.05) is 10.2 Å². The molecular weight excluding hydrogens is 458 g/mol. The summed E-state index contributed by atoms with van der Waals surface area (Å²) < 4.78 is 18.2. The summed E-state index contributed by atoms with van der Waals surface area (Å²) in [7, 11) is 0. The summed E-state index contributed by atoms with van der Waals surface area (Å²) in [6.45, 7) is 6.53. The van der Waals surface area contributed by atoms with Gasteiger partial charge in [-0.15, -0.1) is 0 Å². The minimum Gasteiger partial charge on any atom is -0.490 e. The first-order valence-electron chi connectivity index (χ1n) is 10.1. The number of para-hydroxylation sites is 1. The Morgan fingerprint density at radius 1 is 0.903 bits per heavy atom. The molecule has 0 heterocycles. The average Bonchev–Trinajstić information content (AvgIpc) is 2.75. The first-order chi connectivity index (χ1) is 14.9. The van der Waals surface area contributed by atoms with Gasteiger partial charge in [-0.05, 0) is 80.4 Å². The van der Waals surface area contributed by atoms with Crippen molar-refractivity contribution < 1.29 is 19.0 Å². The Morgan fingerprint density at radius 3 is 2.03 bits per heavy atom. The van der Waals surface area contributed by atoms with Gasteiger partial charge in [0.25, 0.3) is 5.91 Å². The second-order valence-electron chi connectivity index (χ2n) is 7.15. The van der Waals surface area contributed by atoms with Gasteiger partial charge < -0.3 is 19.5 Å². The lowest BCUT2D eigenvalue weighted by Gasteiger charge is -2.18. The van der Waals surface area contributed by atoms with Crippen LogP contribution in [0.2, 0.25) is 0 Å². The number of carbonyl (C=O) groups excluding carboxylic acids is 1. The highest BCUT2D eigenvalue weighted by molar-refractivity contribution is 9.10. The monoisotopic (exact) mass is 483 g/mol. The van der Waals surface area contributed by atoms with Gasteiger partial charge in [-0.2, -0.15) is 0 Å². The van der Waals surface area contributed by atoms with Crippen molar-refractivity contribution in [1.29, 1.82) is 0 Å². The third kappa shape index (κ3) is 6.76. The number of nitrogens with one attached hydrogen (secondary N) is 1. The van der Waals surface area contributed by atoms with Crippen molar-refractivity contribution in [3.8, 4) is 17.2 Å². The quantitative estimate of drug-likeness (QED) is 0.383. The summed E-state index contributed by atoms with van der Waals surface area (Å²) in [6, 6.07) is 20.8. The van der Waals surface area contributed by atoms with Crippen molar-refractivity contribution in [2.75, 3.05) is 18.5 Å². The second-order valence-corrected chi connectivity index (χ2v) is 8.07. The number of amides is 1. The van der Waals surface area contributed by atoms with Crippen LogP contribution < -0.4 is 19.5 Å². The number of rotatable bonds is 9. The Balaban J connectivity index is 1.47. The molecular formula is C25H26BrNO4. The van der Waals surface area contributed by atoms with Crippen LogP contribution in [0.15, 0.2) is 71.2 Å². The van der Waals surface area contributed by atoms with E-state index in [1.165, 1.54) is 0 Å². The molecule has 162 valence electrons. The van der Waals surface area contributed by atoms with E-state index in [1.807, 2.05) is 68.4 Å². The van der Waals surface area contributed by atoms with E-state index in [9.17, 15) is 4.79 Å². The molecule has 0 saturated heterocycles. The third-order valence-corrected chi connectivity index (χ3v) is 5.03. The largest absolute Gasteiger partial charge is 0.490 e. The summed E-state index contributed by atoms with van der Waals surface area (Å²) >= 11 is 3.47. The smallest absolute Gasteiger partial charge is 0.265 e. The van der Waals surface area contributed by atoms with Crippen molar-refractivity contribution in [3.63, 3.8) is 0 Å². The summed E-state index contributed by atoms with van der Waals surface area (Å²) in [5.41, 5.74) is 2.63. The lowest BCUT2D eigenvalue weighted by molar-refractivity contribution is -0.122. The number of ether oxygens (including phenoxy) is 3. The van der Waals surface area contributed by atoms with Crippen LogP contribution in [-0.2, 0) is 4.79 Å². The highest BCUT2D eigenvalue weighted by atomic mass is 79.9. The van der Waals surface area contributed by atoms with E-state index in [-0.39, 0.29) is 5.91 Å². The summed E-state index contributed by atoms with van der Waals surface area (Å²) in [6.07, 6.45) is -0.635. The Kier molecular flexibility index (Phi) is 7.95. The summed E-state index contributed by atoms with van der Waals surface area (Å²) in [5, 5.41) is 2.87. The molecule has 0 spiro atoms. The number of aryl methyl sites for hydroxylation is 2. The molecule has 0 aliphatic carbocycles. The molecule has 1 atom stereocenters. The molecule has 5 nitrogen and oxygen atoms in total. The molecule has 6 heteroatoms. The number of hydrogen-bond acceptors (Lipinski definition) is 4. The summed E-state index contributed by atoms with van der Waals surface area (Å²) in [4.78, 5) is 12.5. The van der Waals surface area contributed by atoms with Gasteiger partial charge in [0.2, 0.25) is 0 Å². The van der Waals surface area contributed by atoms with E-state index < -0.39 is 6.10 Å². The molecule has 0 saturated carbocycles. The second kappa shape index (κ2) is 10.9. The number of carbonyl (C=O) groups is 1. The van der Waals surface area contributed by atoms with E-state index in [2.05, 4.69) is 21.2 Å². The van der Waals surface area contributed by atoms with Crippen molar-refractivity contribution in [2.45, 2.75) is 26.9 Å². The standard InChI is InChI=1S/C25H26BrNO4/c1-17-15-20(26)16-18(2)24(17)31-19(3)25(28)27-21-9-11-23(12-10-21)30-14-13-29-22-7-5-4-6-8-22/h4-12,15-16,19H,13-14H2,1-3H3,(H,27,28). The van der Waals surface area contributed by atoms with Crippen LogP contribution in [0, 0.1) is 13.8 Å². The Bertz CT molecular complexity index is 983. The first kappa shape index (κ1) is 22.7. The van der Waals surface area contributed by atoms with Gasteiger partial charge in [0.1, 0.15) is 30.5 Å². The van der Waals surface area contributed by atoms with Crippen LogP contribution in [0.5, 0.6) is 17.2 Å². The van der Waals surface area contributed by atoms with Crippen LogP contribution in [0.3, 0.4) is 0 Å². The molecule has 3 rings (SSSR count). The molecule has 3 aromatic carbocycles. The molecule has 0 aliphatic heterocycles. The van der Waals surface area contributed by atoms with Gasteiger partial charge in [-0.25, -0.2) is 0 Å². The van der Waals surface area contributed by atoms with E-state index >= 15 is 0 Å². The zero-order valence-electron chi connectivity index (χ0n) is 17.9. The maximum absolute atomic E-state index is 12.5. The maximum atomic E-state index is 12.5. The topological polar surface area (TPSA) is 56.8 Å². The predicted molar refractivity (Wildman–Crippen MR) is 126 cm³/mol. The van der Waals surface area contributed by atoms with Crippen molar-refractivity contribution in [3.05, 3.63) is 82.3 Å². The minimum absolute atomic E-state index is 0.216. The van der Waals surface area contributed by atoms with Crippen molar-refractivity contribution >= 4 is 27.5 Å².